The topological polar surface area (TPSA) is 83.0 Å². The summed E-state index contributed by atoms with van der Waals surface area (Å²) >= 11 is 0. The summed E-state index contributed by atoms with van der Waals surface area (Å²) in [5, 5.41) is 4.20. The normalized spacial score (nSPS) is 10.2. The lowest BCUT2D eigenvalue weighted by Gasteiger charge is -2.06. The Kier molecular flexibility index (Phi) is 2.78. The molecule has 2 aromatic heterocycles. The summed E-state index contributed by atoms with van der Waals surface area (Å²) in [5.41, 5.74) is 7.09. The van der Waals surface area contributed by atoms with E-state index in [0.29, 0.717) is 5.82 Å². The van der Waals surface area contributed by atoms with Crippen LogP contribution >= 0.6 is 0 Å². The minimum Gasteiger partial charge on any atom is -0.465 e. The first kappa shape index (κ1) is 11.1. The highest BCUT2D eigenvalue weighted by molar-refractivity contribution is 5.95. The Morgan fingerprint density at radius 1 is 1.53 bits per heavy atom. The first-order chi connectivity index (χ1) is 8.11. The van der Waals surface area contributed by atoms with Gasteiger partial charge in [0.05, 0.1) is 30.3 Å². The highest BCUT2D eigenvalue weighted by Crippen LogP contribution is 2.15. The zero-order valence-corrected chi connectivity index (χ0v) is 9.54. The van der Waals surface area contributed by atoms with Gasteiger partial charge in [-0.25, -0.2) is 14.5 Å². The minimum absolute atomic E-state index is 0.282. The van der Waals surface area contributed by atoms with Crippen LogP contribution in [0.2, 0.25) is 0 Å². The molecule has 0 aliphatic carbocycles. The van der Waals surface area contributed by atoms with Crippen molar-refractivity contribution >= 4 is 11.7 Å². The molecule has 6 heteroatoms. The number of pyridine rings is 1. The molecule has 0 aromatic carbocycles. The molecule has 6 nitrogen and oxygen atoms in total. The van der Waals surface area contributed by atoms with Crippen LogP contribution in [-0.2, 0) is 4.74 Å². The molecule has 0 unspecified atom stereocenters. The Hall–Kier alpha value is -2.37. The van der Waals surface area contributed by atoms with Crippen LogP contribution in [0.5, 0.6) is 0 Å². The molecular weight excluding hydrogens is 220 g/mol. The molecule has 17 heavy (non-hydrogen) atoms. The number of carbonyl (C=O) groups is 1. The van der Waals surface area contributed by atoms with Crippen LogP contribution in [0.15, 0.2) is 24.5 Å². The molecule has 2 aromatic rings. The third-order valence-corrected chi connectivity index (χ3v) is 2.28. The van der Waals surface area contributed by atoms with Crippen molar-refractivity contribution in [2.75, 3.05) is 12.8 Å². The second-order valence-corrected chi connectivity index (χ2v) is 3.52. The number of aromatic nitrogens is 3. The minimum atomic E-state index is -0.491. The molecule has 0 aliphatic rings. The smallest absolute Gasteiger partial charge is 0.340 e. The predicted octanol–water partition coefficient (Wildman–Crippen LogP) is 0.945. The van der Waals surface area contributed by atoms with Gasteiger partial charge < -0.3 is 10.5 Å². The number of carbonyl (C=O) groups excluding carboxylic acids is 1. The number of nitrogens with two attached hydrogens (primary N) is 1. The third kappa shape index (κ3) is 2.10. The summed E-state index contributed by atoms with van der Waals surface area (Å²) in [4.78, 5) is 15.6. The van der Waals surface area contributed by atoms with E-state index in [9.17, 15) is 4.79 Å². The summed E-state index contributed by atoms with van der Waals surface area (Å²) < 4.78 is 6.21. The van der Waals surface area contributed by atoms with Gasteiger partial charge in [0.25, 0.3) is 0 Å². The van der Waals surface area contributed by atoms with Gasteiger partial charge in [-0.1, -0.05) is 0 Å². The maximum Gasteiger partial charge on any atom is 0.340 e. The molecular formula is C11H12N4O2. The predicted molar refractivity (Wildman–Crippen MR) is 61.8 cm³/mol. The molecule has 0 saturated carbocycles. The van der Waals surface area contributed by atoms with E-state index in [4.69, 9.17) is 5.73 Å². The number of hydrogen-bond donors (Lipinski definition) is 1. The van der Waals surface area contributed by atoms with Crippen molar-refractivity contribution in [2.24, 2.45) is 0 Å². The van der Waals surface area contributed by atoms with Gasteiger partial charge in [0, 0.05) is 6.20 Å². The number of nitrogens with zero attached hydrogens (tertiary/aromatic N) is 3. The molecule has 0 amide bonds. The summed E-state index contributed by atoms with van der Waals surface area (Å²) in [6.07, 6.45) is 3.17. The van der Waals surface area contributed by atoms with E-state index in [0.717, 1.165) is 5.69 Å². The van der Waals surface area contributed by atoms with Gasteiger partial charge in [0.1, 0.15) is 0 Å². The molecule has 0 atom stereocenters. The van der Waals surface area contributed by atoms with Gasteiger partial charge in [-0.05, 0) is 19.1 Å². The van der Waals surface area contributed by atoms with E-state index in [1.54, 1.807) is 16.9 Å². The van der Waals surface area contributed by atoms with Crippen LogP contribution in [0.25, 0.3) is 5.82 Å². The zero-order valence-electron chi connectivity index (χ0n) is 9.54. The molecule has 0 saturated heterocycles. The number of nitrogen functional groups attached to an aromatic ring is 1. The van der Waals surface area contributed by atoms with E-state index < -0.39 is 5.97 Å². The first-order valence-corrected chi connectivity index (χ1v) is 4.98. The van der Waals surface area contributed by atoms with Gasteiger partial charge >= 0.3 is 5.97 Å². The van der Waals surface area contributed by atoms with Crippen LogP contribution in [0, 0.1) is 6.92 Å². The fourth-order valence-electron chi connectivity index (χ4n) is 1.41. The van der Waals surface area contributed by atoms with Crippen molar-refractivity contribution in [2.45, 2.75) is 6.92 Å². The summed E-state index contributed by atoms with van der Waals surface area (Å²) in [6.45, 7) is 1.87. The standard InChI is InChI=1S/C11H12N4O2/c1-7-3-4-15(14-7)10-5-8(11(16)17-2)9(12)6-13-10/h3-6H,12H2,1-2H3. The van der Waals surface area contributed by atoms with E-state index in [1.165, 1.54) is 13.3 Å². The molecule has 88 valence electrons. The Balaban J connectivity index is 2.47. The van der Waals surface area contributed by atoms with Gasteiger partial charge in [0.15, 0.2) is 5.82 Å². The van der Waals surface area contributed by atoms with Crippen LogP contribution in [0.4, 0.5) is 5.69 Å². The quantitative estimate of drug-likeness (QED) is 0.779. The fourth-order valence-corrected chi connectivity index (χ4v) is 1.41. The number of aryl methyl sites for hydroxylation is 1. The number of anilines is 1. The van der Waals surface area contributed by atoms with E-state index in [2.05, 4.69) is 14.8 Å². The Morgan fingerprint density at radius 3 is 2.88 bits per heavy atom. The highest BCUT2D eigenvalue weighted by Gasteiger charge is 2.12. The number of rotatable bonds is 2. The van der Waals surface area contributed by atoms with Crippen molar-refractivity contribution in [3.05, 3.63) is 35.8 Å². The molecule has 0 bridgehead atoms. The molecule has 2 rings (SSSR count). The first-order valence-electron chi connectivity index (χ1n) is 4.98. The van der Waals surface area contributed by atoms with E-state index in [1.807, 2.05) is 13.0 Å². The van der Waals surface area contributed by atoms with Crippen LogP contribution in [0.1, 0.15) is 16.1 Å². The number of ether oxygens (including phenoxy) is 1. The van der Waals surface area contributed by atoms with Crippen molar-refractivity contribution in [3.63, 3.8) is 0 Å². The molecule has 0 fully saturated rings. The lowest BCUT2D eigenvalue weighted by atomic mass is 10.2. The second-order valence-electron chi connectivity index (χ2n) is 3.52. The number of hydrogen-bond acceptors (Lipinski definition) is 5. The van der Waals surface area contributed by atoms with E-state index >= 15 is 0 Å². The summed E-state index contributed by atoms with van der Waals surface area (Å²) in [7, 11) is 1.31. The lowest BCUT2D eigenvalue weighted by Crippen LogP contribution is -2.09. The van der Waals surface area contributed by atoms with Crippen molar-refractivity contribution in [1.82, 2.24) is 14.8 Å². The zero-order chi connectivity index (χ0) is 12.4. The maximum atomic E-state index is 11.5. The van der Waals surface area contributed by atoms with Crippen molar-refractivity contribution < 1.29 is 9.53 Å². The van der Waals surface area contributed by atoms with Gasteiger partial charge in [-0.15, -0.1) is 0 Å². The van der Waals surface area contributed by atoms with Crippen LogP contribution in [0.3, 0.4) is 0 Å². The Bertz CT molecular complexity index is 562. The molecule has 2 N–H and O–H groups in total. The van der Waals surface area contributed by atoms with Gasteiger partial charge in [-0.2, -0.15) is 5.10 Å². The molecule has 2 heterocycles. The largest absolute Gasteiger partial charge is 0.465 e. The van der Waals surface area contributed by atoms with Crippen LogP contribution < -0.4 is 5.73 Å². The molecule has 0 aliphatic heterocycles. The Morgan fingerprint density at radius 2 is 2.29 bits per heavy atom. The monoisotopic (exact) mass is 232 g/mol. The fraction of sp³-hybridized carbons (Fsp3) is 0.182. The third-order valence-electron chi connectivity index (χ3n) is 2.28. The van der Waals surface area contributed by atoms with Crippen molar-refractivity contribution in [1.29, 1.82) is 0 Å². The van der Waals surface area contributed by atoms with Gasteiger partial charge in [-0.3, -0.25) is 0 Å². The number of methoxy groups -OCH3 is 1. The lowest BCUT2D eigenvalue weighted by molar-refractivity contribution is 0.0602. The number of esters is 1. The Labute approximate surface area is 98.0 Å². The highest BCUT2D eigenvalue weighted by atomic mass is 16.5. The van der Waals surface area contributed by atoms with Gasteiger partial charge in [0.2, 0.25) is 0 Å². The molecule has 0 spiro atoms. The average molecular weight is 232 g/mol. The second kappa shape index (κ2) is 4.25. The summed E-state index contributed by atoms with van der Waals surface area (Å²) in [6, 6.07) is 3.39. The SMILES string of the molecule is COC(=O)c1cc(-n2ccc(C)n2)ncc1N. The average Bonchev–Trinajstić information content (AvgIpc) is 2.75. The maximum absolute atomic E-state index is 11.5. The van der Waals surface area contributed by atoms with Crippen molar-refractivity contribution in [3.8, 4) is 5.82 Å². The molecule has 0 radical (unpaired) electrons. The van der Waals surface area contributed by atoms with Crippen LogP contribution in [-0.4, -0.2) is 27.8 Å². The van der Waals surface area contributed by atoms with E-state index in [-0.39, 0.29) is 11.3 Å². The summed E-state index contributed by atoms with van der Waals surface area (Å²) in [5.74, 6) is 0.0303.